The third-order valence-electron chi connectivity index (χ3n) is 1.15. The molecule has 0 amide bonds. The van der Waals surface area contributed by atoms with Crippen molar-refractivity contribution >= 4 is 24.8 Å². The van der Waals surface area contributed by atoms with Crippen molar-refractivity contribution in [2.24, 2.45) is 5.73 Å². The van der Waals surface area contributed by atoms with E-state index >= 15 is 0 Å². The van der Waals surface area contributed by atoms with Crippen LogP contribution in [0.15, 0.2) is 23.3 Å². The van der Waals surface area contributed by atoms with Crippen LogP contribution in [0.5, 0.6) is 0 Å². The number of aromatic nitrogens is 2. The predicted octanol–water partition coefficient (Wildman–Crippen LogP) is 0.0456. The Kier molecular flexibility index (Phi) is 8.26. The molecule has 0 unspecified atom stereocenters. The van der Waals surface area contributed by atoms with Gasteiger partial charge in [0.1, 0.15) is 0 Å². The topological polar surface area (TPSA) is 60.9 Å². The first-order valence-electron chi connectivity index (χ1n) is 3.06. The van der Waals surface area contributed by atoms with Crippen LogP contribution >= 0.6 is 24.8 Å². The van der Waals surface area contributed by atoms with E-state index in [-0.39, 0.29) is 30.5 Å². The highest BCUT2D eigenvalue weighted by Gasteiger charge is 1.89. The third-order valence-corrected chi connectivity index (χ3v) is 1.15. The van der Waals surface area contributed by atoms with E-state index in [1.165, 1.54) is 10.8 Å². The van der Waals surface area contributed by atoms with E-state index in [2.05, 4.69) is 4.98 Å². The molecule has 1 aromatic heterocycles. The third kappa shape index (κ3) is 3.71. The largest absolute Gasteiger partial charge is 0.347 e. The summed E-state index contributed by atoms with van der Waals surface area (Å²) in [5.74, 6) is 0. The summed E-state index contributed by atoms with van der Waals surface area (Å²) < 4.78 is 1.47. The summed E-state index contributed by atoms with van der Waals surface area (Å²) in [6.45, 7) is 0.998. The van der Waals surface area contributed by atoms with Crippen LogP contribution < -0.4 is 11.4 Å². The molecule has 0 aliphatic rings. The molecular weight excluding hydrogens is 201 g/mol. The smallest absolute Gasteiger partial charge is 0.329 e. The van der Waals surface area contributed by atoms with Crippen LogP contribution in [0.25, 0.3) is 0 Å². The molecule has 1 aromatic rings. The molecule has 0 fully saturated rings. The Bertz CT molecular complexity index is 263. The second-order valence-corrected chi connectivity index (χ2v) is 1.88. The molecule has 0 saturated heterocycles. The van der Waals surface area contributed by atoms with E-state index in [9.17, 15) is 4.79 Å². The second-order valence-electron chi connectivity index (χ2n) is 1.88. The van der Waals surface area contributed by atoms with Crippen molar-refractivity contribution < 1.29 is 0 Å². The van der Waals surface area contributed by atoms with Gasteiger partial charge in [-0.25, -0.2) is 9.78 Å². The molecule has 0 aromatic carbocycles. The molecule has 0 radical (unpaired) electrons. The Morgan fingerprint density at radius 1 is 1.50 bits per heavy atom. The quantitative estimate of drug-likeness (QED) is 0.753. The average molecular weight is 212 g/mol. The van der Waals surface area contributed by atoms with Crippen LogP contribution in [0, 0.1) is 0 Å². The fraction of sp³-hybridized carbons (Fsp3) is 0.333. The van der Waals surface area contributed by atoms with Gasteiger partial charge in [-0.15, -0.1) is 24.8 Å². The van der Waals surface area contributed by atoms with Crippen molar-refractivity contribution in [1.29, 1.82) is 0 Å². The van der Waals surface area contributed by atoms with Crippen molar-refractivity contribution in [3.05, 3.63) is 28.9 Å². The SMILES string of the molecule is Cl.Cl.NCCn1cccnc1=O. The maximum absolute atomic E-state index is 10.8. The van der Waals surface area contributed by atoms with Gasteiger partial charge in [0, 0.05) is 25.5 Å². The summed E-state index contributed by atoms with van der Waals surface area (Å²) >= 11 is 0. The average Bonchev–Trinajstić information content (AvgIpc) is 1.94. The Hall–Kier alpha value is -0.580. The van der Waals surface area contributed by atoms with Gasteiger partial charge in [-0.2, -0.15) is 0 Å². The van der Waals surface area contributed by atoms with E-state index in [4.69, 9.17) is 5.73 Å². The van der Waals surface area contributed by atoms with Gasteiger partial charge in [0.05, 0.1) is 0 Å². The summed E-state index contributed by atoms with van der Waals surface area (Å²) in [6, 6.07) is 1.71. The van der Waals surface area contributed by atoms with Crippen LogP contribution in [-0.2, 0) is 6.54 Å². The molecule has 0 saturated carbocycles. The van der Waals surface area contributed by atoms with Crippen LogP contribution in [-0.4, -0.2) is 16.1 Å². The van der Waals surface area contributed by atoms with Gasteiger partial charge in [-0.1, -0.05) is 0 Å². The van der Waals surface area contributed by atoms with E-state index in [0.717, 1.165) is 0 Å². The summed E-state index contributed by atoms with van der Waals surface area (Å²) in [5, 5.41) is 0. The van der Waals surface area contributed by atoms with E-state index in [1.807, 2.05) is 0 Å². The lowest BCUT2D eigenvalue weighted by atomic mass is 10.6. The molecular formula is C6H11Cl2N3O. The zero-order chi connectivity index (χ0) is 7.40. The molecule has 4 nitrogen and oxygen atoms in total. The molecule has 70 valence electrons. The van der Waals surface area contributed by atoms with Crippen LogP contribution in [0.4, 0.5) is 0 Å². The van der Waals surface area contributed by atoms with Gasteiger partial charge >= 0.3 is 5.69 Å². The Labute approximate surface area is 82.6 Å². The maximum Gasteiger partial charge on any atom is 0.347 e. The number of hydrogen-bond donors (Lipinski definition) is 1. The second kappa shape index (κ2) is 7.09. The predicted molar refractivity (Wildman–Crippen MR) is 52.0 cm³/mol. The van der Waals surface area contributed by atoms with Gasteiger partial charge < -0.3 is 5.73 Å². The minimum absolute atomic E-state index is 0. The van der Waals surface area contributed by atoms with Crippen LogP contribution in [0.2, 0.25) is 0 Å². The standard InChI is InChI=1S/C6H9N3O.2ClH/c7-2-5-9-4-1-3-8-6(9)10;;/h1,3-4H,2,5,7H2;2*1H. The number of rotatable bonds is 2. The molecule has 0 spiro atoms. The van der Waals surface area contributed by atoms with Crippen molar-refractivity contribution in [2.45, 2.75) is 6.54 Å². The van der Waals surface area contributed by atoms with Gasteiger partial charge in [0.15, 0.2) is 0 Å². The summed E-state index contributed by atoms with van der Waals surface area (Å²) in [5.41, 5.74) is 5.00. The van der Waals surface area contributed by atoms with Crippen molar-refractivity contribution in [2.75, 3.05) is 6.54 Å². The van der Waals surface area contributed by atoms with Gasteiger partial charge in [-0.05, 0) is 6.07 Å². The van der Waals surface area contributed by atoms with Crippen molar-refractivity contribution in [3.63, 3.8) is 0 Å². The molecule has 1 rings (SSSR count). The molecule has 1 heterocycles. The molecule has 0 atom stereocenters. The monoisotopic (exact) mass is 211 g/mol. The van der Waals surface area contributed by atoms with Crippen LogP contribution in [0.1, 0.15) is 0 Å². The fourth-order valence-electron chi connectivity index (χ4n) is 0.696. The van der Waals surface area contributed by atoms with E-state index < -0.39 is 0 Å². The van der Waals surface area contributed by atoms with E-state index in [0.29, 0.717) is 13.1 Å². The molecule has 0 aliphatic heterocycles. The summed E-state index contributed by atoms with van der Waals surface area (Å²) in [6.07, 6.45) is 3.14. The number of halogens is 2. The Morgan fingerprint density at radius 3 is 2.67 bits per heavy atom. The highest BCUT2D eigenvalue weighted by atomic mass is 35.5. The normalized spacial score (nSPS) is 8.08. The molecule has 0 aliphatic carbocycles. The zero-order valence-corrected chi connectivity index (χ0v) is 7.98. The van der Waals surface area contributed by atoms with Crippen molar-refractivity contribution in [1.82, 2.24) is 9.55 Å². The van der Waals surface area contributed by atoms with Crippen LogP contribution in [0.3, 0.4) is 0 Å². The lowest BCUT2D eigenvalue weighted by molar-refractivity contribution is 0.659. The lowest BCUT2D eigenvalue weighted by Gasteiger charge is -1.98. The summed E-state index contributed by atoms with van der Waals surface area (Å²) in [4.78, 5) is 14.4. The zero-order valence-electron chi connectivity index (χ0n) is 6.34. The minimum atomic E-state index is -0.243. The lowest BCUT2D eigenvalue weighted by Crippen LogP contribution is -2.24. The van der Waals surface area contributed by atoms with Gasteiger partial charge in [-0.3, -0.25) is 4.57 Å². The highest BCUT2D eigenvalue weighted by molar-refractivity contribution is 5.85. The molecule has 2 N–H and O–H groups in total. The van der Waals surface area contributed by atoms with Gasteiger partial charge in [0.2, 0.25) is 0 Å². The number of hydrogen-bond acceptors (Lipinski definition) is 3. The Balaban J connectivity index is 0. The van der Waals surface area contributed by atoms with E-state index in [1.54, 1.807) is 12.3 Å². The fourth-order valence-corrected chi connectivity index (χ4v) is 0.696. The number of nitrogens with two attached hydrogens (primary N) is 1. The minimum Gasteiger partial charge on any atom is -0.329 e. The molecule has 6 heteroatoms. The first-order chi connectivity index (χ1) is 4.84. The molecule has 0 bridgehead atoms. The first kappa shape index (κ1) is 14.0. The maximum atomic E-state index is 10.8. The highest BCUT2D eigenvalue weighted by Crippen LogP contribution is 1.75. The van der Waals surface area contributed by atoms with Crippen molar-refractivity contribution in [3.8, 4) is 0 Å². The van der Waals surface area contributed by atoms with Gasteiger partial charge in [0.25, 0.3) is 0 Å². The number of nitrogens with zero attached hydrogens (tertiary/aromatic N) is 2. The first-order valence-corrected chi connectivity index (χ1v) is 3.06. The summed E-state index contributed by atoms with van der Waals surface area (Å²) in [7, 11) is 0. The molecule has 12 heavy (non-hydrogen) atoms. The Morgan fingerprint density at radius 2 is 2.17 bits per heavy atom.